The first kappa shape index (κ1) is 71.5. The number of epoxide rings is 2. The maximum absolute atomic E-state index is 12.9. The van der Waals surface area contributed by atoms with E-state index in [1.165, 1.54) is 0 Å². The number of ketones is 1. The number of aliphatic hydroxyl groups is 2. The summed E-state index contributed by atoms with van der Waals surface area (Å²) in [6.07, 6.45) is 19.2. The molecule has 20 heteroatoms. The van der Waals surface area contributed by atoms with Crippen molar-refractivity contribution in [3.05, 3.63) is 137 Å². The Balaban J connectivity index is 0.000000249. The highest BCUT2D eigenvalue weighted by molar-refractivity contribution is 5.93. The lowest BCUT2D eigenvalue weighted by molar-refractivity contribution is -0.155. The minimum absolute atomic E-state index is 0.0116. The van der Waals surface area contributed by atoms with Gasteiger partial charge in [-0.1, -0.05) is 113 Å². The molecule has 0 aromatic heterocycles. The van der Waals surface area contributed by atoms with Crippen molar-refractivity contribution < 1.29 is 72.5 Å². The van der Waals surface area contributed by atoms with E-state index in [0.29, 0.717) is 54.7 Å². The van der Waals surface area contributed by atoms with E-state index in [-0.39, 0.29) is 91.3 Å². The quantitative estimate of drug-likeness (QED) is 0.0245. The summed E-state index contributed by atoms with van der Waals surface area (Å²) >= 11 is 0. The molecule has 0 bridgehead atoms. The average molecular weight is 1240 g/mol. The first-order valence-corrected chi connectivity index (χ1v) is 31.2. The molecule has 0 unspecified atom stereocenters. The number of carboxylic acids is 1. The molecule has 6 aliphatic rings. The van der Waals surface area contributed by atoms with Crippen LogP contribution in [0.4, 0.5) is 5.69 Å². The molecule has 0 aliphatic carbocycles. The molecule has 2 aromatic rings. The van der Waals surface area contributed by atoms with Gasteiger partial charge in [0.25, 0.3) is 0 Å². The zero-order valence-electron chi connectivity index (χ0n) is 53.4. The number of anilines is 1. The molecule has 2 aromatic carbocycles. The van der Waals surface area contributed by atoms with Crippen molar-refractivity contribution in [2.24, 2.45) is 35.1 Å². The summed E-state index contributed by atoms with van der Waals surface area (Å²) in [6.45, 7) is 21.3. The normalized spacial score (nSPS) is 32.0. The number of hydrogen-bond donors (Lipinski definition) is 8. The topological polar surface area (TPSA) is 327 Å². The molecule has 2 spiro atoms. The number of aliphatic hydroxyl groups excluding tert-OH is 2. The highest BCUT2D eigenvalue weighted by atomic mass is 16.6. The Morgan fingerprint density at radius 2 is 1.00 bits per heavy atom. The molecule has 0 radical (unpaired) electrons. The number of nitrogens with two attached hydrogens (primary N) is 3. The van der Waals surface area contributed by atoms with Crippen molar-refractivity contribution >= 4 is 41.1 Å². The number of ether oxygens (including phenoxy) is 6. The van der Waals surface area contributed by atoms with Gasteiger partial charge in [-0.15, -0.1) is 0 Å². The Morgan fingerprint density at radius 3 is 1.37 bits per heavy atom. The number of aliphatic carboxylic acids is 1. The number of benzene rings is 2. The average Bonchev–Trinajstić information content (AvgIpc) is 1.88. The molecule has 6 aliphatic heterocycles. The van der Waals surface area contributed by atoms with Crippen LogP contribution in [0.1, 0.15) is 147 Å². The number of carboxylic acid groups (broad SMARTS) is 1. The standard InChI is InChI=1S/C35H48N2O7.C27H41NO7.C7H8N2O/c1-21(2)6-15-32(39)37-29-16-23(4)30(43-24(29)5)13-7-22(3)8-14-31-33(40)35(20-42-35)19-28(44-31)18-27(38)17-25-9-11-26(12-10-25)34(36)41;1-16(2)6-11-24(29)28-21-12-18(4)22(34-19(21)5)9-7-17(3)8-10-23-26(32)27(15-33-27)14-20(35-23)13-25(30)31;8-6-3-1-5(2-4-6)7(9)10/h6-12,14-15,21,23-24,28-31,33,40H,13,16-20H2,1-5H3,(H2,36,41)(H,37,39);6-8,10-11,16,18-23,26,32H,9,12-15H2,1-5H3,(H,28,29)(H,30,31);1-4H,8H2,(H2,9,10)/b14-8+,15-6-,22-7+;10-8+,11-6-,17-7+;/t23-,24+,28+,29+,30-,31+,33+,35+;18-,19+,20+,21+,22-,23+,26+,27+;/m00./s1. The van der Waals surface area contributed by atoms with Gasteiger partial charge in [0.1, 0.15) is 41.4 Å². The van der Waals surface area contributed by atoms with Gasteiger partial charge >= 0.3 is 5.97 Å². The van der Waals surface area contributed by atoms with Gasteiger partial charge in [-0.25, -0.2) is 0 Å². The minimum atomic E-state index is -0.925. The Hall–Kier alpha value is -6.62. The van der Waals surface area contributed by atoms with Crippen LogP contribution >= 0.6 is 0 Å². The van der Waals surface area contributed by atoms with Crippen LogP contribution < -0.4 is 27.8 Å². The fourth-order valence-corrected chi connectivity index (χ4v) is 11.5. The fraction of sp³-hybridized carbons (Fsp3) is 0.565. The number of carbonyl (C=O) groups excluding carboxylic acids is 5. The van der Waals surface area contributed by atoms with Crippen LogP contribution in [0.2, 0.25) is 0 Å². The Kier molecular flexibility index (Phi) is 26.4. The summed E-state index contributed by atoms with van der Waals surface area (Å²) in [5.74, 6) is -0.812. The second-order valence-corrected chi connectivity index (χ2v) is 25.7. The first-order valence-electron chi connectivity index (χ1n) is 31.2. The second kappa shape index (κ2) is 32.9. The summed E-state index contributed by atoms with van der Waals surface area (Å²) in [6, 6.07) is 13.1. The maximum atomic E-state index is 12.9. The van der Waals surface area contributed by atoms with E-state index in [0.717, 1.165) is 42.4 Å². The number of hydrogen-bond acceptors (Lipinski definition) is 15. The molecule has 16 atom stereocenters. The van der Waals surface area contributed by atoms with Crippen LogP contribution in [0, 0.1) is 23.7 Å². The second-order valence-electron chi connectivity index (χ2n) is 25.7. The predicted octanol–water partition coefficient (Wildman–Crippen LogP) is 7.50. The van der Waals surface area contributed by atoms with E-state index in [4.69, 9.17) is 50.7 Å². The molecule has 0 saturated carbocycles. The highest BCUT2D eigenvalue weighted by Crippen LogP contribution is 2.45. The van der Waals surface area contributed by atoms with Gasteiger partial charge in [0.15, 0.2) is 0 Å². The number of nitrogen functional groups attached to an aromatic ring is 1. The summed E-state index contributed by atoms with van der Waals surface area (Å²) in [5, 5.41) is 36.9. The van der Waals surface area contributed by atoms with E-state index in [2.05, 4.69) is 36.6 Å². The molecule has 20 nitrogen and oxygen atoms in total. The number of primary amides is 2. The molecule has 4 amide bonds. The highest BCUT2D eigenvalue weighted by Gasteiger charge is 2.59. The third kappa shape index (κ3) is 22.4. The van der Waals surface area contributed by atoms with Crippen molar-refractivity contribution in [3.63, 3.8) is 0 Å². The lowest BCUT2D eigenvalue weighted by Crippen LogP contribution is -2.50. The third-order valence-electron chi connectivity index (χ3n) is 17.1. The van der Waals surface area contributed by atoms with Crippen LogP contribution in [0.5, 0.6) is 0 Å². The largest absolute Gasteiger partial charge is 0.481 e. The van der Waals surface area contributed by atoms with E-state index in [1.54, 1.807) is 66.8 Å². The molecule has 8 rings (SSSR count). The van der Waals surface area contributed by atoms with Crippen LogP contribution in [0.25, 0.3) is 0 Å². The Bertz CT molecular complexity index is 2910. The Morgan fingerprint density at radius 1 is 0.607 bits per heavy atom. The summed E-state index contributed by atoms with van der Waals surface area (Å²) < 4.78 is 35.7. The lowest BCUT2D eigenvalue weighted by Gasteiger charge is -2.39. The number of carbonyl (C=O) groups is 6. The van der Waals surface area contributed by atoms with Crippen molar-refractivity contribution in [1.29, 1.82) is 0 Å². The zero-order valence-corrected chi connectivity index (χ0v) is 53.4. The van der Waals surface area contributed by atoms with Gasteiger partial charge in [-0.3, -0.25) is 28.8 Å². The molecule has 6 fully saturated rings. The number of allylic oxidation sites excluding steroid dienone is 6. The van der Waals surface area contributed by atoms with Crippen LogP contribution in [-0.4, -0.2) is 148 Å². The van der Waals surface area contributed by atoms with Gasteiger partial charge in [0, 0.05) is 42.5 Å². The Labute approximate surface area is 524 Å². The predicted molar refractivity (Wildman–Crippen MR) is 339 cm³/mol. The smallest absolute Gasteiger partial charge is 0.305 e. The van der Waals surface area contributed by atoms with E-state index >= 15 is 0 Å². The van der Waals surface area contributed by atoms with Crippen molar-refractivity contribution in [3.8, 4) is 0 Å². The summed E-state index contributed by atoms with van der Waals surface area (Å²) in [7, 11) is 0. The summed E-state index contributed by atoms with van der Waals surface area (Å²) in [5.41, 5.74) is 18.6. The van der Waals surface area contributed by atoms with E-state index in [1.807, 2.05) is 85.8 Å². The number of Topliss-reactive ketones (excluding diaryl/α,β-unsaturated/α-hetero) is 1. The van der Waals surface area contributed by atoms with Gasteiger partial charge in [0.05, 0.1) is 68.3 Å². The van der Waals surface area contributed by atoms with Gasteiger partial charge < -0.3 is 71.6 Å². The number of rotatable bonds is 22. The van der Waals surface area contributed by atoms with Crippen molar-refractivity contribution in [1.82, 2.24) is 10.6 Å². The molecule has 11 N–H and O–H groups in total. The van der Waals surface area contributed by atoms with Gasteiger partial charge in [-0.2, -0.15) is 0 Å². The van der Waals surface area contributed by atoms with Gasteiger partial charge in [0.2, 0.25) is 23.6 Å². The molecular formula is C69H97N5O15. The zero-order chi connectivity index (χ0) is 65.3. The molecule has 6 heterocycles. The lowest BCUT2D eigenvalue weighted by atomic mass is 9.86. The van der Waals surface area contributed by atoms with Gasteiger partial charge in [-0.05, 0) is 131 Å². The number of amides is 4. The van der Waals surface area contributed by atoms with Crippen LogP contribution in [0.3, 0.4) is 0 Å². The maximum Gasteiger partial charge on any atom is 0.305 e. The molecule has 6 saturated heterocycles. The van der Waals surface area contributed by atoms with Crippen molar-refractivity contribution in [2.45, 2.75) is 211 Å². The number of nitrogens with one attached hydrogen (secondary N) is 2. The monoisotopic (exact) mass is 1240 g/mol. The van der Waals surface area contributed by atoms with Crippen molar-refractivity contribution in [2.75, 3.05) is 18.9 Å². The summed E-state index contributed by atoms with van der Waals surface area (Å²) in [4.78, 5) is 70.2. The minimum Gasteiger partial charge on any atom is -0.481 e. The van der Waals surface area contributed by atoms with Crippen LogP contribution in [0.15, 0.2) is 120 Å². The van der Waals surface area contributed by atoms with Crippen LogP contribution in [-0.2, 0) is 54.0 Å². The third-order valence-corrected chi connectivity index (χ3v) is 17.1. The van der Waals surface area contributed by atoms with E-state index in [9.17, 15) is 39.0 Å². The SMILES string of the molecule is CC(/C=C/[C@H]1O[C@H](CC(=O)Cc2ccc(C(N)=O)cc2)C[C@@]2(CO2)[C@@H]1O)=C\C[C@@H]1O[C@H](C)[C@H](NC(=O)/C=C\C(C)C)C[C@@H]1C.CC(/C=C/[C@H]1O[C@H](CC(=O)O)C[C@@]2(CO2)[C@@H]1O)=C\C[C@@H]1O[C@H](C)[C@H](NC(=O)/C=C\C(C)C)C[C@@H]1C.NC(=O)c1ccc(N)cc1. The molecule has 488 valence electrons. The molecular weight excluding hydrogens is 1140 g/mol. The molecule has 89 heavy (non-hydrogen) atoms. The van der Waals surface area contributed by atoms with E-state index < -0.39 is 59.5 Å². The fourth-order valence-electron chi connectivity index (χ4n) is 11.5. The first-order chi connectivity index (χ1) is 42.0.